The normalized spacial score (nSPS) is 9.87. The van der Waals surface area contributed by atoms with E-state index in [0.717, 1.165) is 0 Å². The van der Waals surface area contributed by atoms with Gasteiger partial charge in [0.1, 0.15) is 5.69 Å². The SMILES string of the molecule is NC(=O)CNCCNC(=O)c1ccc[nH]1. The van der Waals surface area contributed by atoms with Crippen molar-refractivity contribution in [2.45, 2.75) is 0 Å². The van der Waals surface area contributed by atoms with Gasteiger partial charge in [-0.05, 0) is 12.1 Å². The van der Waals surface area contributed by atoms with E-state index in [1.165, 1.54) is 0 Å². The molecule has 15 heavy (non-hydrogen) atoms. The summed E-state index contributed by atoms with van der Waals surface area (Å²) < 4.78 is 0. The highest BCUT2D eigenvalue weighted by Gasteiger charge is 2.03. The maximum Gasteiger partial charge on any atom is 0.267 e. The van der Waals surface area contributed by atoms with Gasteiger partial charge in [0.2, 0.25) is 5.91 Å². The van der Waals surface area contributed by atoms with Crippen molar-refractivity contribution in [3.63, 3.8) is 0 Å². The number of H-pyrrole nitrogens is 1. The van der Waals surface area contributed by atoms with Gasteiger partial charge in [0, 0.05) is 19.3 Å². The van der Waals surface area contributed by atoms with Crippen molar-refractivity contribution in [3.8, 4) is 0 Å². The van der Waals surface area contributed by atoms with E-state index >= 15 is 0 Å². The summed E-state index contributed by atoms with van der Waals surface area (Å²) in [6, 6.07) is 3.44. The van der Waals surface area contributed by atoms with E-state index < -0.39 is 5.91 Å². The molecule has 0 unspecified atom stereocenters. The molecule has 6 nitrogen and oxygen atoms in total. The molecule has 0 fully saturated rings. The average molecular weight is 210 g/mol. The van der Waals surface area contributed by atoms with Crippen LogP contribution in [0.4, 0.5) is 0 Å². The highest BCUT2D eigenvalue weighted by atomic mass is 16.2. The second-order valence-electron chi connectivity index (χ2n) is 2.98. The van der Waals surface area contributed by atoms with Gasteiger partial charge in [0.05, 0.1) is 6.54 Å². The first-order valence-electron chi connectivity index (χ1n) is 4.61. The zero-order valence-corrected chi connectivity index (χ0v) is 8.25. The molecule has 0 aromatic carbocycles. The van der Waals surface area contributed by atoms with Gasteiger partial charge in [-0.1, -0.05) is 0 Å². The number of nitrogens with two attached hydrogens (primary N) is 1. The van der Waals surface area contributed by atoms with Crippen LogP contribution in [0.25, 0.3) is 0 Å². The Morgan fingerprint density at radius 3 is 2.80 bits per heavy atom. The minimum atomic E-state index is -0.411. The smallest absolute Gasteiger partial charge is 0.267 e. The predicted octanol–water partition coefficient (Wildman–Crippen LogP) is -1.18. The monoisotopic (exact) mass is 210 g/mol. The zero-order chi connectivity index (χ0) is 11.1. The molecule has 6 heteroatoms. The number of hydrogen-bond donors (Lipinski definition) is 4. The van der Waals surface area contributed by atoms with Crippen LogP contribution >= 0.6 is 0 Å². The molecule has 5 N–H and O–H groups in total. The summed E-state index contributed by atoms with van der Waals surface area (Å²) in [7, 11) is 0. The molecule has 1 aromatic rings. The Morgan fingerprint density at radius 1 is 1.40 bits per heavy atom. The maximum absolute atomic E-state index is 11.3. The lowest BCUT2D eigenvalue weighted by molar-refractivity contribution is -0.117. The van der Waals surface area contributed by atoms with E-state index in [0.29, 0.717) is 18.8 Å². The fraction of sp³-hybridized carbons (Fsp3) is 0.333. The second kappa shape index (κ2) is 5.82. The Balaban J connectivity index is 2.10. The molecule has 1 heterocycles. The van der Waals surface area contributed by atoms with E-state index in [1.807, 2.05) is 0 Å². The Hall–Kier alpha value is -1.82. The lowest BCUT2D eigenvalue weighted by Gasteiger charge is -2.04. The first-order chi connectivity index (χ1) is 7.20. The van der Waals surface area contributed by atoms with Gasteiger partial charge in [-0.25, -0.2) is 0 Å². The number of carbonyl (C=O) groups excluding carboxylic acids is 2. The molecule has 0 radical (unpaired) electrons. The fourth-order valence-corrected chi connectivity index (χ4v) is 1.04. The number of primary amides is 1. The largest absolute Gasteiger partial charge is 0.369 e. The number of amides is 2. The third kappa shape index (κ3) is 4.28. The quantitative estimate of drug-likeness (QED) is 0.445. The minimum absolute atomic E-state index is 0.123. The van der Waals surface area contributed by atoms with Crippen LogP contribution in [-0.2, 0) is 4.79 Å². The standard InChI is InChI=1S/C9H14N4O2/c10-8(14)6-11-4-5-13-9(15)7-2-1-3-12-7/h1-3,11-12H,4-6H2,(H2,10,14)(H,13,15). The van der Waals surface area contributed by atoms with E-state index in [2.05, 4.69) is 15.6 Å². The fourth-order valence-electron chi connectivity index (χ4n) is 1.04. The zero-order valence-electron chi connectivity index (χ0n) is 8.25. The Bertz CT molecular complexity index is 321. The Kier molecular flexibility index (Phi) is 4.36. The third-order valence-corrected chi connectivity index (χ3v) is 1.73. The van der Waals surface area contributed by atoms with Crippen molar-refractivity contribution in [1.29, 1.82) is 0 Å². The molecular formula is C9H14N4O2. The van der Waals surface area contributed by atoms with Crippen molar-refractivity contribution in [2.24, 2.45) is 5.73 Å². The Morgan fingerprint density at radius 2 is 2.20 bits per heavy atom. The van der Waals surface area contributed by atoms with E-state index in [4.69, 9.17) is 5.73 Å². The summed E-state index contributed by atoms with van der Waals surface area (Å²) in [5, 5.41) is 5.46. The number of carbonyl (C=O) groups is 2. The van der Waals surface area contributed by atoms with E-state index in [9.17, 15) is 9.59 Å². The molecule has 0 aliphatic carbocycles. The molecule has 0 aliphatic rings. The summed E-state index contributed by atoms with van der Waals surface area (Å²) >= 11 is 0. The highest BCUT2D eigenvalue weighted by Crippen LogP contribution is 1.92. The first kappa shape index (κ1) is 11.3. The summed E-state index contributed by atoms with van der Waals surface area (Å²) in [6.45, 7) is 1.08. The van der Waals surface area contributed by atoms with Crippen LogP contribution < -0.4 is 16.4 Å². The van der Waals surface area contributed by atoms with Crippen LogP contribution in [0.1, 0.15) is 10.5 Å². The lowest BCUT2D eigenvalue weighted by Crippen LogP contribution is -2.35. The summed E-state index contributed by atoms with van der Waals surface area (Å²) in [5.41, 5.74) is 5.44. The summed E-state index contributed by atoms with van der Waals surface area (Å²) in [4.78, 5) is 24.5. The number of nitrogens with one attached hydrogen (secondary N) is 3. The van der Waals surface area contributed by atoms with Gasteiger partial charge in [-0.2, -0.15) is 0 Å². The first-order valence-corrected chi connectivity index (χ1v) is 4.61. The van der Waals surface area contributed by atoms with Gasteiger partial charge in [-0.3, -0.25) is 9.59 Å². The molecule has 0 spiro atoms. The van der Waals surface area contributed by atoms with Crippen molar-refractivity contribution in [2.75, 3.05) is 19.6 Å². The van der Waals surface area contributed by atoms with Gasteiger partial charge >= 0.3 is 0 Å². The van der Waals surface area contributed by atoms with Crippen LogP contribution in [0.5, 0.6) is 0 Å². The van der Waals surface area contributed by atoms with Crippen molar-refractivity contribution in [1.82, 2.24) is 15.6 Å². The topological polar surface area (TPSA) is 100 Å². The van der Waals surface area contributed by atoms with Crippen molar-refractivity contribution in [3.05, 3.63) is 24.0 Å². The van der Waals surface area contributed by atoms with Crippen molar-refractivity contribution < 1.29 is 9.59 Å². The molecule has 2 amide bonds. The number of rotatable bonds is 6. The van der Waals surface area contributed by atoms with Gasteiger partial charge in [0.25, 0.3) is 5.91 Å². The molecule has 82 valence electrons. The van der Waals surface area contributed by atoms with Gasteiger partial charge in [0.15, 0.2) is 0 Å². The average Bonchev–Trinajstić information content (AvgIpc) is 2.69. The van der Waals surface area contributed by atoms with Crippen LogP contribution in [0.3, 0.4) is 0 Å². The highest BCUT2D eigenvalue weighted by molar-refractivity contribution is 5.92. The van der Waals surface area contributed by atoms with Gasteiger partial charge < -0.3 is 21.4 Å². The minimum Gasteiger partial charge on any atom is -0.369 e. The van der Waals surface area contributed by atoms with E-state index in [-0.39, 0.29) is 12.5 Å². The maximum atomic E-state index is 11.3. The molecule has 1 rings (SSSR count). The van der Waals surface area contributed by atoms with Crippen LogP contribution in [0, 0.1) is 0 Å². The molecule has 1 aromatic heterocycles. The predicted molar refractivity (Wildman–Crippen MR) is 55.2 cm³/mol. The molecule has 0 saturated carbocycles. The second-order valence-corrected chi connectivity index (χ2v) is 2.98. The molecule has 0 atom stereocenters. The number of hydrogen-bond acceptors (Lipinski definition) is 3. The van der Waals surface area contributed by atoms with E-state index in [1.54, 1.807) is 18.3 Å². The van der Waals surface area contributed by atoms with Crippen LogP contribution in [-0.4, -0.2) is 36.4 Å². The molecule has 0 bridgehead atoms. The van der Waals surface area contributed by atoms with Crippen LogP contribution in [0.15, 0.2) is 18.3 Å². The molecule has 0 saturated heterocycles. The Labute approximate surface area is 87.2 Å². The van der Waals surface area contributed by atoms with Gasteiger partial charge in [-0.15, -0.1) is 0 Å². The third-order valence-electron chi connectivity index (χ3n) is 1.73. The number of aromatic amines is 1. The molecular weight excluding hydrogens is 196 g/mol. The number of aromatic nitrogens is 1. The summed E-state index contributed by atoms with van der Waals surface area (Å²) in [5.74, 6) is -0.577. The summed E-state index contributed by atoms with van der Waals surface area (Å²) in [6.07, 6.45) is 1.68. The lowest BCUT2D eigenvalue weighted by atomic mass is 10.4. The van der Waals surface area contributed by atoms with Crippen molar-refractivity contribution >= 4 is 11.8 Å². The molecule has 0 aliphatic heterocycles. The van der Waals surface area contributed by atoms with Crippen LogP contribution in [0.2, 0.25) is 0 Å².